The molecule has 0 saturated carbocycles. The van der Waals surface area contributed by atoms with Crippen LogP contribution in [0.1, 0.15) is 12.8 Å². The van der Waals surface area contributed by atoms with Gasteiger partial charge in [-0.05, 0) is 78.6 Å². The number of pyridine rings is 1. The zero-order valence-corrected chi connectivity index (χ0v) is 24.1. The molecule has 6 heteroatoms. The molecule has 1 aromatic heterocycles. The Kier molecular flexibility index (Phi) is 7.26. The largest absolute Gasteiger partial charge is 0.495 e. The molecule has 0 N–H and O–H groups in total. The average Bonchev–Trinajstić information content (AvgIpc) is 3.75. The maximum Gasteiger partial charge on any atom is 0.495 e. The predicted molar refractivity (Wildman–Crippen MR) is 170 cm³/mol. The van der Waals surface area contributed by atoms with E-state index in [9.17, 15) is 0 Å². The summed E-state index contributed by atoms with van der Waals surface area (Å²) in [4.78, 5) is 7.21. The van der Waals surface area contributed by atoms with Crippen LogP contribution >= 0.6 is 0 Å². The molecule has 0 aliphatic carbocycles. The van der Waals surface area contributed by atoms with Crippen LogP contribution in [-0.2, 0) is 0 Å². The molecular weight excluding hydrogens is 532 g/mol. The summed E-state index contributed by atoms with van der Waals surface area (Å²) in [7, 11) is 1.96. The molecule has 0 unspecified atom stereocenters. The van der Waals surface area contributed by atoms with E-state index >= 15 is 0 Å². The number of para-hydroxylation sites is 1. The Labute approximate surface area is 251 Å². The first-order valence-corrected chi connectivity index (χ1v) is 14.6. The normalized spacial score (nSPS) is 14.0. The number of hydrogen-bond acceptors (Lipinski definition) is 4. The summed E-state index contributed by atoms with van der Waals surface area (Å²) in [6.45, 7) is 2.08. The Hall–Kier alpha value is -5.45. The molecule has 5 aromatic rings. The van der Waals surface area contributed by atoms with E-state index in [1.807, 2.05) is 108 Å². The molecule has 0 radical (unpaired) electrons. The summed E-state index contributed by atoms with van der Waals surface area (Å²) in [5, 5.41) is 0. The highest BCUT2D eigenvalue weighted by Crippen LogP contribution is 2.36. The molecule has 0 spiro atoms. The van der Waals surface area contributed by atoms with Gasteiger partial charge in [0.2, 0.25) is 11.9 Å². The second kappa shape index (κ2) is 11.8. The van der Waals surface area contributed by atoms with Crippen LogP contribution in [0.3, 0.4) is 0 Å². The van der Waals surface area contributed by atoms with Crippen molar-refractivity contribution in [3.63, 3.8) is 0 Å². The minimum atomic E-state index is 0.767. The number of anilines is 1. The van der Waals surface area contributed by atoms with E-state index in [1.54, 1.807) is 0 Å². The summed E-state index contributed by atoms with van der Waals surface area (Å²) in [5.74, 6) is 3.15. The van der Waals surface area contributed by atoms with Crippen molar-refractivity contribution in [3.05, 3.63) is 128 Å². The summed E-state index contributed by atoms with van der Waals surface area (Å²) in [6.07, 6.45) is 8.21. The van der Waals surface area contributed by atoms with Crippen molar-refractivity contribution in [1.29, 1.82) is 0 Å². The summed E-state index contributed by atoms with van der Waals surface area (Å²) >= 11 is 0. The molecule has 6 nitrogen and oxygen atoms in total. The number of hydrogen-bond donors (Lipinski definition) is 0. The van der Waals surface area contributed by atoms with E-state index < -0.39 is 0 Å². The van der Waals surface area contributed by atoms with Crippen molar-refractivity contribution < 1.29 is 18.6 Å². The van der Waals surface area contributed by atoms with Crippen LogP contribution in [0.4, 0.5) is 11.4 Å². The van der Waals surface area contributed by atoms with Gasteiger partial charge in [-0.15, -0.1) is 0 Å². The molecule has 0 amide bonds. The van der Waals surface area contributed by atoms with Gasteiger partial charge in [0.05, 0.1) is 11.8 Å². The number of aromatic nitrogens is 1. The first-order chi connectivity index (χ1) is 21.2. The highest BCUT2D eigenvalue weighted by Gasteiger charge is 2.19. The molecule has 1 saturated heterocycles. The second-order valence-electron chi connectivity index (χ2n) is 10.8. The van der Waals surface area contributed by atoms with Crippen LogP contribution in [0.25, 0.3) is 22.4 Å². The Bertz CT molecular complexity index is 1880. The topological polar surface area (TPSA) is 40.6 Å². The lowest BCUT2D eigenvalue weighted by molar-refractivity contribution is -0.429. The lowest BCUT2D eigenvalue weighted by Crippen LogP contribution is -2.17. The third-order valence-corrected chi connectivity index (χ3v) is 7.60. The molecule has 210 valence electrons. The maximum atomic E-state index is 6.49. The number of ether oxygens (including phenoxy) is 2. The Morgan fingerprint density at radius 2 is 1.37 bits per heavy atom. The van der Waals surface area contributed by atoms with Gasteiger partial charge in [0, 0.05) is 42.7 Å². The quantitative estimate of drug-likeness (QED) is 0.177. The fraction of sp³-hybridized carbons (Fsp3) is 0.135. The van der Waals surface area contributed by atoms with Crippen LogP contribution in [0.5, 0.6) is 23.0 Å². The standard InChI is InChI=1S/C37H32N4O2/c1-39-19-20-41(27-39)31-10-8-14-35(25-31)43-36-23-30(21-32(26-36)40-17-5-6-18-40)37-24-29(15-16-38-37)28-9-7-13-34(22-28)42-33-11-3-2-4-12-33/h2-4,7-16,19-26H,5-6,17-18H2,1H3/q+2. The minimum Gasteiger partial charge on any atom is -0.457 e. The van der Waals surface area contributed by atoms with Crippen molar-refractivity contribution in [2.75, 3.05) is 25.0 Å². The fourth-order valence-corrected chi connectivity index (χ4v) is 5.46. The molecule has 43 heavy (non-hydrogen) atoms. The Morgan fingerprint density at radius 1 is 0.651 bits per heavy atom. The van der Waals surface area contributed by atoms with Gasteiger partial charge in [0.25, 0.3) is 6.20 Å². The van der Waals surface area contributed by atoms with Crippen LogP contribution in [-0.4, -0.2) is 40.3 Å². The highest BCUT2D eigenvalue weighted by molar-refractivity contribution is 5.74. The van der Waals surface area contributed by atoms with Crippen molar-refractivity contribution in [2.24, 2.45) is 0 Å². The highest BCUT2D eigenvalue weighted by atomic mass is 16.5. The van der Waals surface area contributed by atoms with Gasteiger partial charge in [-0.1, -0.05) is 45.5 Å². The van der Waals surface area contributed by atoms with Gasteiger partial charge in [-0.2, -0.15) is 0 Å². The van der Waals surface area contributed by atoms with E-state index in [-0.39, 0.29) is 0 Å². The van der Waals surface area contributed by atoms with E-state index in [1.165, 1.54) is 12.8 Å². The van der Waals surface area contributed by atoms with Crippen molar-refractivity contribution >= 4 is 17.4 Å². The van der Waals surface area contributed by atoms with Gasteiger partial charge in [0.15, 0.2) is 7.05 Å². The molecule has 0 atom stereocenters. The summed E-state index contributed by atoms with van der Waals surface area (Å²) in [6, 6.07) is 39.9. The maximum absolute atomic E-state index is 6.49. The molecule has 2 aliphatic rings. The number of benzene rings is 4. The summed E-state index contributed by atoms with van der Waals surface area (Å²) in [5.41, 5.74) is 6.18. The van der Waals surface area contributed by atoms with Gasteiger partial charge < -0.3 is 14.4 Å². The molecule has 3 heterocycles. The van der Waals surface area contributed by atoms with Crippen LogP contribution in [0.15, 0.2) is 128 Å². The first-order valence-electron chi connectivity index (χ1n) is 14.6. The van der Waals surface area contributed by atoms with Gasteiger partial charge in [-0.25, -0.2) is 0 Å². The zero-order chi connectivity index (χ0) is 29.0. The van der Waals surface area contributed by atoms with Crippen LogP contribution in [0.2, 0.25) is 0 Å². The zero-order valence-electron chi connectivity index (χ0n) is 24.1. The van der Waals surface area contributed by atoms with Crippen molar-refractivity contribution in [2.45, 2.75) is 12.8 Å². The van der Waals surface area contributed by atoms with Crippen LogP contribution < -0.4 is 14.4 Å². The van der Waals surface area contributed by atoms with Gasteiger partial charge in [0.1, 0.15) is 23.0 Å². The predicted octanol–water partition coefficient (Wildman–Crippen LogP) is 8.55. The monoisotopic (exact) mass is 564 g/mol. The lowest BCUT2D eigenvalue weighted by atomic mass is 10.0. The molecule has 0 bridgehead atoms. The first kappa shape index (κ1) is 26.4. The Balaban J connectivity index is 1.21. The van der Waals surface area contributed by atoms with Gasteiger partial charge >= 0.3 is 6.01 Å². The molecule has 2 aliphatic heterocycles. The molecule has 7 rings (SSSR count). The number of rotatable bonds is 8. The second-order valence-corrected chi connectivity index (χ2v) is 10.8. The lowest BCUT2D eigenvalue weighted by Gasteiger charge is -2.20. The van der Waals surface area contributed by atoms with Gasteiger partial charge in [-0.3, -0.25) is 4.98 Å². The smallest absolute Gasteiger partial charge is 0.457 e. The average molecular weight is 565 g/mol. The van der Waals surface area contributed by atoms with Crippen molar-refractivity contribution in [3.8, 4) is 45.4 Å². The van der Waals surface area contributed by atoms with Crippen molar-refractivity contribution in [1.82, 2.24) is 4.98 Å². The SMILES string of the molecule is C[N+]1=C=[N+](c2cccc(Oc3cc(-c4cc(-c5cccc(Oc6ccccc6)c5)ccn4)cc(N4CCCC4)c3)c2)C=C1. The fourth-order valence-electron chi connectivity index (χ4n) is 5.46. The van der Waals surface area contributed by atoms with E-state index in [4.69, 9.17) is 14.5 Å². The van der Waals surface area contributed by atoms with E-state index in [0.717, 1.165) is 69.8 Å². The molecular formula is C37H32N4O2+2. The molecule has 4 aromatic carbocycles. The molecule has 1 fully saturated rings. The van der Waals surface area contributed by atoms with E-state index in [0.29, 0.717) is 0 Å². The van der Waals surface area contributed by atoms with E-state index in [2.05, 4.69) is 47.3 Å². The van der Waals surface area contributed by atoms with Crippen LogP contribution in [0, 0.1) is 0 Å². The third kappa shape index (κ3) is 6.10. The Morgan fingerprint density at radius 3 is 2.19 bits per heavy atom. The third-order valence-electron chi connectivity index (χ3n) is 7.60. The summed E-state index contributed by atoms with van der Waals surface area (Å²) < 4.78 is 16.4. The minimum absolute atomic E-state index is 0.767. The number of nitrogens with zero attached hydrogens (tertiary/aromatic N) is 4.